The number of cyclic esters (lactones) is 1. The van der Waals surface area contributed by atoms with Gasteiger partial charge in [-0.2, -0.15) is 0 Å². The molecule has 3 fully saturated rings. The molecule has 1 aliphatic heterocycles. The molecule has 0 radical (unpaired) electrons. The van der Waals surface area contributed by atoms with E-state index in [0.29, 0.717) is 12.1 Å². The highest BCUT2D eigenvalue weighted by Crippen LogP contribution is 2.51. The number of nitrogens with one attached hydrogen (secondary N) is 1. The maximum absolute atomic E-state index is 13.6. The van der Waals surface area contributed by atoms with Gasteiger partial charge in [0.15, 0.2) is 5.60 Å². The van der Waals surface area contributed by atoms with E-state index in [2.05, 4.69) is 24.1 Å². The van der Waals surface area contributed by atoms with Crippen LogP contribution >= 0.6 is 0 Å². The van der Waals surface area contributed by atoms with Crippen molar-refractivity contribution in [2.45, 2.75) is 129 Å². The third-order valence-corrected chi connectivity index (χ3v) is 7.66. The first-order valence-corrected chi connectivity index (χ1v) is 13.7. The summed E-state index contributed by atoms with van der Waals surface area (Å²) in [5.41, 5.74) is -1.46. The number of hydrogen-bond acceptors (Lipinski definition) is 7. The van der Waals surface area contributed by atoms with Crippen LogP contribution in [0.25, 0.3) is 0 Å². The van der Waals surface area contributed by atoms with Crippen molar-refractivity contribution in [2.24, 2.45) is 11.3 Å². The number of carbonyl (C=O) groups excluding carboxylic acids is 2. The summed E-state index contributed by atoms with van der Waals surface area (Å²) in [4.78, 5) is 31.0. The van der Waals surface area contributed by atoms with Crippen molar-refractivity contribution in [1.82, 2.24) is 10.3 Å². The Labute approximate surface area is 221 Å². The quantitative estimate of drug-likeness (QED) is 0.442. The molecule has 2 atom stereocenters. The largest absolute Gasteiger partial charge is 0.490 e. The van der Waals surface area contributed by atoms with Crippen molar-refractivity contribution in [3.63, 3.8) is 0 Å². The van der Waals surface area contributed by atoms with E-state index in [1.165, 1.54) is 0 Å². The number of aromatic nitrogens is 1. The van der Waals surface area contributed by atoms with Gasteiger partial charge < -0.3 is 24.3 Å². The number of amides is 1. The molecule has 8 heteroatoms. The number of ether oxygens (including phenoxy) is 4. The topological polar surface area (TPSA) is 96.0 Å². The standard InChI is InChI=1S/C29H44N2O6/c1-19-8-10-21(11-9-19)34-22-12-15-30-20(16-22)17-29(24(32)35-27(5,6)37-29)23(18-28(7)13-14-28)31-25(33)36-26(2,3)4/h12,15-16,19,21,23H,8-11,13-14,17-18H2,1-7H3,(H,31,33)/t19-,21-,23-,29+/m0/s1. The van der Waals surface area contributed by atoms with Crippen molar-refractivity contribution in [3.05, 3.63) is 24.0 Å². The molecule has 1 amide bonds. The molecule has 2 saturated carbocycles. The van der Waals surface area contributed by atoms with Gasteiger partial charge in [-0.05, 0) is 83.1 Å². The Hall–Kier alpha value is -2.35. The molecule has 0 spiro atoms. The van der Waals surface area contributed by atoms with Gasteiger partial charge in [0.05, 0.1) is 12.1 Å². The van der Waals surface area contributed by atoms with Crippen molar-refractivity contribution in [1.29, 1.82) is 0 Å². The molecule has 37 heavy (non-hydrogen) atoms. The SMILES string of the molecule is CC1(C[C@H](NC(=O)OC(C)(C)C)[C@@]2(Cc3cc(O[C@H]4CC[C@H](C)CC4)ccn3)OC(C)(C)OC2=O)CC1. The van der Waals surface area contributed by atoms with E-state index in [4.69, 9.17) is 18.9 Å². The fourth-order valence-electron chi connectivity index (χ4n) is 5.38. The normalized spacial score (nSPS) is 29.2. The highest BCUT2D eigenvalue weighted by molar-refractivity contribution is 5.84. The predicted molar refractivity (Wildman–Crippen MR) is 139 cm³/mol. The zero-order chi connectivity index (χ0) is 27.1. The van der Waals surface area contributed by atoms with Crippen molar-refractivity contribution < 1.29 is 28.5 Å². The summed E-state index contributed by atoms with van der Waals surface area (Å²) in [6, 6.07) is 3.08. The summed E-state index contributed by atoms with van der Waals surface area (Å²) in [6.45, 7) is 13.3. The van der Waals surface area contributed by atoms with Gasteiger partial charge in [-0.15, -0.1) is 0 Å². The second-order valence-electron chi connectivity index (χ2n) is 13.2. The third-order valence-electron chi connectivity index (χ3n) is 7.66. The van der Waals surface area contributed by atoms with Crippen molar-refractivity contribution in [3.8, 4) is 5.75 Å². The minimum Gasteiger partial charge on any atom is -0.490 e. The molecule has 4 rings (SSSR count). The number of hydrogen-bond donors (Lipinski definition) is 1. The van der Waals surface area contributed by atoms with Crippen LogP contribution in [0.2, 0.25) is 0 Å². The second kappa shape index (κ2) is 10.1. The van der Waals surface area contributed by atoms with E-state index >= 15 is 0 Å². The molecule has 1 aromatic heterocycles. The van der Waals surface area contributed by atoms with Crippen LogP contribution in [0.3, 0.4) is 0 Å². The molecule has 0 bridgehead atoms. The summed E-state index contributed by atoms with van der Waals surface area (Å²) < 4.78 is 23.9. The maximum Gasteiger partial charge on any atom is 0.407 e. The highest BCUT2D eigenvalue weighted by Gasteiger charge is 2.61. The van der Waals surface area contributed by atoms with E-state index in [1.54, 1.807) is 20.0 Å². The molecule has 8 nitrogen and oxygen atoms in total. The van der Waals surface area contributed by atoms with Crippen LogP contribution in [0.5, 0.6) is 5.75 Å². The van der Waals surface area contributed by atoms with Crippen LogP contribution in [-0.4, -0.2) is 46.2 Å². The molecule has 3 aliphatic rings. The molecular formula is C29H44N2O6. The lowest BCUT2D eigenvalue weighted by Gasteiger charge is -2.36. The van der Waals surface area contributed by atoms with Crippen LogP contribution in [0, 0.1) is 11.3 Å². The van der Waals surface area contributed by atoms with Crippen molar-refractivity contribution in [2.75, 3.05) is 0 Å². The number of alkyl carbamates (subject to hydrolysis) is 1. The lowest BCUT2D eigenvalue weighted by atomic mass is 9.82. The number of nitrogens with zero attached hydrogens (tertiary/aromatic N) is 1. The average molecular weight is 517 g/mol. The lowest BCUT2D eigenvalue weighted by Crippen LogP contribution is -2.59. The minimum atomic E-state index is -1.45. The number of esters is 1. The third kappa shape index (κ3) is 7.15. The first-order valence-electron chi connectivity index (χ1n) is 13.7. The number of pyridine rings is 1. The van der Waals surface area contributed by atoms with E-state index in [0.717, 1.165) is 50.2 Å². The van der Waals surface area contributed by atoms with Crippen LogP contribution in [0.1, 0.15) is 99.1 Å². The average Bonchev–Trinajstić information content (AvgIpc) is 3.43. The Morgan fingerprint density at radius 1 is 1.19 bits per heavy atom. The fraction of sp³-hybridized carbons (Fsp3) is 0.759. The molecule has 1 N–H and O–H groups in total. The first-order chi connectivity index (χ1) is 17.2. The summed E-state index contributed by atoms with van der Waals surface area (Å²) in [7, 11) is 0. The van der Waals surface area contributed by atoms with E-state index in [1.807, 2.05) is 32.9 Å². The molecule has 1 saturated heterocycles. The first kappa shape index (κ1) is 27.7. The van der Waals surface area contributed by atoms with Crippen LogP contribution in [0.4, 0.5) is 4.79 Å². The van der Waals surface area contributed by atoms with Gasteiger partial charge in [0.2, 0.25) is 5.79 Å². The van der Waals surface area contributed by atoms with Gasteiger partial charge in [0, 0.05) is 38.2 Å². The maximum atomic E-state index is 13.6. The smallest absolute Gasteiger partial charge is 0.407 e. The molecule has 1 aromatic rings. The minimum absolute atomic E-state index is 0.0135. The Kier molecular flexibility index (Phi) is 7.54. The van der Waals surface area contributed by atoms with E-state index in [-0.39, 0.29) is 17.9 Å². The Morgan fingerprint density at radius 3 is 2.43 bits per heavy atom. The van der Waals surface area contributed by atoms with Gasteiger partial charge in [-0.3, -0.25) is 4.98 Å². The fourth-order valence-corrected chi connectivity index (χ4v) is 5.38. The molecule has 0 unspecified atom stereocenters. The van der Waals surface area contributed by atoms with E-state index < -0.39 is 35.1 Å². The van der Waals surface area contributed by atoms with Crippen LogP contribution in [0.15, 0.2) is 18.3 Å². The zero-order valence-electron chi connectivity index (χ0n) is 23.5. The van der Waals surface area contributed by atoms with Crippen LogP contribution < -0.4 is 10.1 Å². The second-order valence-corrected chi connectivity index (χ2v) is 13.2. The molecule has 2 heterocycles. The summed E-state index contributed by atoms with van der Waals surface area (Å²) in [6.07, 6.45) is 8.45. The monoisotopic (exact) mass is 516 g/mol. The Bertz CT molecular complexity index is 990. The molecule has 0 aromatic carbocycles. The molecule has 2 aliphatic carbocycles. The molecular weight excluding hydrogens is 472 g/mol. The Morgan fingerprint density at radius 2 is 1.86 bits per heavy atom. The highest BCUT2D eigenvalue weighted by atomic mass is 16.8. The Balaban J connectivity index is 1.61. The van der Waals surface area contributed by atoms with E-state index in [9.17, 15) is 9.59 Å². The predicted octanol–water partition coefficient (Wildman–Crippen LogP) is 5.71. The van der Waals surface area contributed by atoms with Gasteiger partial charge in [0.1, 0.15) is 11.4 Å². The van der Waals surface area contributed by atoms with Crippen LogP contribution in [-0.2, 0) is 25.4 Å². The molecule has 206 valence electrons. The number of rotatable bonds is 8. The summed E-state index contributed by atoms with van der Waals surface area (Å²) in [5.74, 6) is -0.167. The summed E-state index contributed by atoms with van der Waals surface area (Å²) >= 11 is 0. The van der Waals surface area contributed by atoms with Gasteiger partial charge in [-0.1, -0.05) is 13.8 Å². The van der Waals surface area contributed by atoms with Gasteiger partial charge in [0.25, 0.3) is 0 Å². The van der Waals surface area contributed by atoms with Crippen molar-refractivity contribution >= 4 is 12.1 Å². The van der Waals surface area contributed by atoms with Gasteiger partial charge in [-0.25, -0.2) is 9.59 Å². The summed E-state index contributed by atoms with van der Waals surface area (Å²) in [5, 5.41) is 2.98. The zero-order valence-corrected chi connectivity index (χ0v) is 23.5. The van der Waals surface area contributed by atoms with Gasteiger partial charge >= 0.3 is 12.1 Å². The number of carbonyl (C=O) groups is 2. The lowest BCUT2D eigenvalue weighted by molar-refractivity contribution is -0.171.